The summed E-state index contributed by atoms with van der Waals surface area (Å²) >= 11 is 5.98. The fraction of sp³-hybridized carbons (Fsp3) is 0.231. The molecule has 2 heterocycles. The van der Waals surface area contributed by atoms with Crippen molar-refractivity contribution in [2.45, 2.75) is 13.3 Å². The average molecular weight is 446 g/mol. The molecule has 0 atom stereocenters. The Balaban J connectivity index is 1.44. The van der Waals surface area contributed by atoms with Crippen molar-refractivity contribution in [1.82, 2.24) is 9.80 Å². The monoisotopic (exact) mass is 445 g/mol. The molecule has 0 aliphatic carbocycles. The molecule has 6 heteroatoms. The molecule has 2 aliphatic heterocycles. The summed E-state index contributed by atoms with van der Waals surface area (Å²) in [6, 6.07) is 21.1. The van der Waals surface area contributed by atoms with Crippen molar-refractivity contribution in [3.63, 3.8) is 0 Å². The molecular weight excluding hydrogens is 422 g/mol. The quantitative estimate of drug-likeness (QED) is 0.484. The first-order valence-electron chi connectivity index (χ1n) is 10.8. The molecule has 0 spiro atoms. The highest BCUT2D eigenvalue weighted by atomic mass is 35.5. The Morgan fingerprint density at radius 3 is 2.59 bits per heavy atom. The minimum absolute atomic E-state index is 0.0382. The molecule has 0 aromatic heterocycles. The van der Waals surface area contributed by atoms with Gasteiger partial charge in [-0.3, -0.25) is 4.79 Å². The normalized spacial score (nSPS) is 15.6. The van der Waals surface area contributed by atoms with E-state index in [2.05, 4.69) is 24.0 Å². The zero-order chi connectivity index (χ0) is 22.1. The SMILES string of the molecule is Cc1ccc2c(c1)C(N1CCCN(C(=O)c3ccc(Cl)cc3)CC1)=Nc1ccccc1O2. The van der Waals surface area contributed by atoms with E-state index in [1.165, 1.54) is 0 Å². The Morgan fingerprint density at radius 2 is 1.75 bits per heavy atom. The lowest BCUT2D eigenvalue weighted by Gasteiger charge is -2.25. The van der Waals surface area contributed by atoms with Crippen LogP contribution in [0.4, 0.5) is 5.69 Å². The second kappa shape index (κ2) is 8.67. The standard InChI is InChI=1S/C26H24ClN3O2/c1-18-7-12-23-21(17-18)25(28-22-5-2-3-6-24(22)32-23)29-13-4-14-30(16-15-29)26(31)19-8-10-20(27)11-9-19/h2-3,5-12,17H,4,13-16H2,1H3. The van der Waals surface area contributed by atoms with Crippen LogP contribution in [0.3, 0.4) is 0 Å². The maximum absolute atomic E-state index is 13.0. The lowest BCUT2D eigenvalue weighted by atomic mass is 10.1. The van der Waals surface area contributed by atoms with E-state index < -0.39 is 0 Å². The van der Waals surface area contributed by atoms with Gasteiger partial charge in [0.05, 0.1) is 5.56 Å². The Labute approximate surface area is 192 Å². The lowest BCUT2D eigenvalue weighted by molar-refractivity contribution is 0.0764. The van der Waals surface area contributed by atoms with Crippen molar-refractivity contribution in [2.75, 3.05) is 26.2 Å². The second-order valence-corrected chi connectivity index (χ2v) is 8.58. The molecule has 162 valence electrons. The lowest BCUT2D eigenvalue weighted by Crippen LogP contribution is -2.37. The number of rotatable bonds is 1. The topological polar surface area (TPSA) is 45.1 Å². The highest BCUT2D eigenvalue weighted by molar-refractivity contribution is 6.30. The molecule has 0 radical (unpaired) electrons. The number of fused-ring (bicyclic) bond motifs is 2. The first-order chi connectivity index (χ1) is 15.6. The number of benzene rings is 3. The van der Waals surface area contributed by atoms with Crippen LogP contribution in [-0.4, -0.2) is 47.7 Å². The highest BCUT2D eigenvalue weighted by Crippen LogP contribution is 2.38. The molecule has 3 aromatic rings. The number of hydrogen-bond acceptors (Lipinski definition) is 4. The molecule has 2 aliphatic rings. The number of amidine groups is 1. The van der Waals surface area contributed by atoms with Crippen molar-refractivity contribution in [3.05, 3.63) is 88.4 Å². The van der Waals surface area contributed by atoms with Crippen LogP contribution in [0.15, 0.2) is 71.7 Å². The number of aryl methyl sites for hydroxylation is 1. The van der Waals surface area contributed by atoms with Crippen molar-refractivity contribution >= 4 is 29.0 Å². The van der Waals surface area contributed by atoms with Gasteiger partial charge in [0.2, 0.25) is 0 Å². The summed E-state index contributed by atoms with van der Waals surface area (Å²) in [6.07, 6.45) is 0.863. The number of carbonyl (C=O) groups is 1. The number of amides is 1. The minimum Gasteiger partial charge on any atom is -0.454 e. The Bertz CT molecular complexity index is 1190. The van der Waals surface area contributed by atoms with Gasteiger partial charge in [0.15, 0.2) is 5.75 Å². The van der Waals surface area contributed by atoms with Crippen molar-refractivity contribution in [2.24, 2.45) is 4.99 Å². The summed E-state index contributed by atoms with van der Waals surface area (Å²) in [5, 5.41) is 0.631. The van der Waals surface area contributed by atoms with Crippen LogP contribution in [-0.2, 0) is 0 Å². The third-order valence-corrected chi connectivity index (χ3v) is 6.11. The van der Waals surface area contributed by atoms with Gasteiger partial charge in [0, 0.05) is 36.8 Å². The maximum Gasteiger partial charge on any atom is 0.253 e. The van der Waals surface area contributed by atoms with E-state index in [-0.39, 0.29) is 5.91 Å². The number of aliphatic imine (C=N–C) groups is 1. The summed E-state index contributed by atoms with van der Waals surface area (Å²) in [4.78, 5) is 22.2. The summed E-state index contributed by atoms with van der Waals surface area (Å²) < 4.78 is 6.22. The fourth-order valence-electron chi connectivity index (χ4n) is 4.18. The first kappa shape index (κ1) is 20.6. The fourth-order valence-corrected chi connectivity index (χ4v) is 4.31. The van der Waals surface area contributed by atoms with Crippen LogP contribution in [0.2, 0.25) is 5.02 Å². The van der Waals surface area contributed by atoms with E-state index in [0.29, 0.717) is 30.2 Å². The third kappa shape index (κ3) is 4.08. The van der Waals surface area contributed by atoms with Crippen molar-refractivity contribution < 1.29 is 9.53 Å². The highest BCUT2D eigenvalue weighted by Gasteiger charge is 2.26. The predicted octanol–water partition coefficient (Wildman–Crippen LogP) is 5.68. The number of halogens is 1. The molecular formula is C26H24ClN3O2. The molecule has 1 saturated heterocycles. The molecule has 5 nitrogen and oxygen atoms in total. The van der Waals surface area contributed by atoms with Gasteiger partial charge in [0.25, 0.3) is 5.91 Å². The van der Waals surface area contributed by atoms with Gasteiger partial charge < -0.3 is 14.5 Å². The van der Waals surface area contributed by atoms with E-state index in [1.807, 2.05) is 35.2 Å². The zero-order valence-electron chi connectivity index (χ0n) is 17.9. The Morgan fingerprint density at radius 1 is 0.938 bits per heavy atom. The number of nitrogens with zero attached hydrogens (tertiary/aromatic N) is 3. The van der Waals surface area contributed by atoms with Crippen molar-refractivity contribution in [1.29, 1.82) is 0 Å². The third-order valence-electron chi connectivity index (χ3n) is 5.86. The van der Waals surface area contributed by atoms with Gasteiger partial charge in [-0.2, -0.15) is 0 Å². The van der Waals surface area contributed by atoms with Gasteiger partial charge in [-0.25, -0.2) is 4.99 Å². The molecule has 1 amide bonds. The molecule has 0 bridgehead atoms. The predicted molar refractivity (Wildman–Crippen MR) is 127 cm³/mol. The number of hydrogen-bond donors (Lipinski definition) is 0. The molecule has 0 saturated carbocycles. The largest absolute Gasteiger partial charge is 0.454 e. The maximum atomic E-state index is 13.0. The zero-order valence-corrected chi connectivity index (χ0v) is 18.7. The van der Waals surface area contributed by atoms with Crippen LogP contribution >= 0.6 is 11.6 Å². The number of ether oxygens (including phenoxy) is 1. The Kier molecular flexibility index (Phi) is 5.58. The van der Waals surface area contributed by atoms with E-state index in [1.54, 1.807) is 24.3 Å². The van der Waals surface area contributed by atoms with Gasteiger partial charge in [-0.1, -0.05) is 35.4 Å². The van der Waals surface area contributed by atoms with Crippen LogP contribution in [0.25, 0.3) is 0 Å². The summed E-state index contributed by atoms with van der Waals surface area (Å²) in [5.41, 5.74) is 3.62. The van der Waals surface area contributed by atoms with E-state index >= 15 is 0 Å². The second-order valence-electron chi connectivity index (χ2n) is 8.14. The van der Waals surface area contributed by atoms with Gasteiger partial charge in [-0.05, 0) is 61.9 Å². The van der Waals surface area contributed by atoms with E-state index in [4.69, 9.17) is 21.3 Å². The van der Waals surface area contributed by atoms with Gasteiger partial charge in [0.1, 0.15) is 17.3 Å². The number of para-hydroxylation sites is 2. The van der Waals surface area contributed by atoms with Crippen LogP contribution in [0.1, 0.15) is 27.9 Å². The van der Waals surface area contributed by atoms with Gasteiger partial charge in [-0.15, -0.1) is 0 Å². The smallest absolute Gasteiger partial charge is 0.253 e. The molecule has 0 N–H and O–H groups in total. The molecule has 0 unspecified atom stereocenters. The Hall–Kier alpha value is -3.31. The molecule has 3 aromatic carbocycles. The van der Waals surface area contributed by atoms with E-state index in [0.717, 1.165) is 47.1 Å². The summed E-state index contributed by atoms with van der Waals surface area (Å²) in [7, 11) is 0. The summed E-state index contributed by atoms with van der Waals surface area (Å²) in [6.45, 7) is 4.93. The molecule has 1 fully saturated rings. The van der Waals surface area contributed by atoms with Crippen LogP contribution < -0.4 is 4.74 Å². The van der Waals surface area contributed by atoms with E-state index in [9.17, 15) is 4.79 Å². The van der Waals surface area contributed by atoms with Crippen LogP contribution in [0.5, 0.6) is 11.5 Å². The summed E-state index contributed by atoms with van der Waals surface area (Å²) in [5.74, 6) is 2.49. The molecule has 5 rings (SSSR count). The van der Waals surface area contributed by atoms with Crippen molar-refractivity contribution in [3.8, 4) is 11.5 Å². The average Bonchev–Trinajstić information content (AvgIpc) is 3.14. The first-order valence-corrected chi connectivity index (χ1v) is 11.2. The van der Waals surface area contributed by atoms with Gasteiger partial charge >= 0.3 is 0 Å². The van der Waals surface area contributed by atoms with Crippen LogP contribution in [0, 0.1) is 6.92 Å². The minimum atomic E-state index is 0.0382. The number of carbonyl (C=O) groups excluding carboxylic acids is 1. The molecule has 32 heavy (non-hydrogen) atoms.